The topological polar surface area (TPSA) is 96.9 Å². The van der Waals surface area contributed by atoms with Crippen molar-refractivity contribution in [3.63, 3.8) is 0 Å². The van der Waals surface area contributed by atoms with Crippen molar-refractivity contribution < 1.29 is 24.2 Å². The lowest BCUT2D eigenvalue weighted by atomic mass is 9.83. The molecule has 34 heavy (non-hydrogen) atoms. The second-order valence-corrected chi connectivity index (χ2v) is 9.68. The first-order valence-corrected chi connectivity index (χ1v) is 12.2. The predicted octanol–water partition coefficient (Wildman–Crippen LogP) is 3.69. The Balaban J connectivity index is 1.26. The number of anilines is 1. The lowest BCUT2D eigenvalue weighted by molar-refractivity contribution is -0.142. The minimum atomic E-state index is -0.511. The molecule has 1 saturated heterocycles. The van der Waals surface area contributed by atoms with Crippen LogP contribution in [0.1, 0.15) is 62.1 Å². The van der Waals surface area contributed by atoms with Crippen LogP contribution in [0, 0.1) is 5.92 Å². The Labute approximate surface area is 199 Å². The van der Waals surface area contributed by atoms with Crippen LogP contribution >= 0.6 is 0 Å². The van der Waals surface area contributed by atoms with Crippen LogP contribution in [-0.4, -0.2) is 41.8 Å². The van der Waals surface area contributed by atoms with Gasteiger partial charge in [-0.2, -0.15) is 0 Å². The van der Waals surface area contributed by atoms with Crippen molar-refractivity contribution in [1.82, 2.24) is 5.32 Å². The van der Waals surface area contributed by atoms with Gasteiger partial charge in [-0.3, -0.25) is 9.59 Å². The van der Waals surface area contributed by atoms with Crippen molar-refractivity contribution in [3.05, 3.63) is 59.7 Å². The number of fused-ring (bicyclic) bond motifs is 3. The number of aliphatic hydroxyl groups excluding tert-OH is 1. The molecule has 2 fully saturated rings. The summed E-state index contributed by atoms with van der Waals surface area (Å²) in [7, 11) is 0. The van der Waals surface area contributed by atoms with Gasteiger partial charge in [-0.1, -0.05) is 36.8 Å². The van der Waals surface area contributed by atoms with Gasteiger partial charge >= 0.3 is 0 Å². The predicted molar refractivity (Wildman–Crippen MR) is 128 cm³/mol. The molecule has 2 aliphatic heterocycles. The first-order chi connectivity index (χ1) is 16.5. The van der Waals surface area contributed by atoms with E-state index < -0.39 is 6.10 Å². The van der Waals surface area contributed by atoms with E-state index in [1.165, 1.54) is 0 Å². The summed E-state index contributed by atoms with van der Waals surface area (Å²) in [5.74, 6) is 0.841. The summed E-state index contributed by atoms with van der Waals surface area (Å²) in [6, 6.07) is 15.4. The third-order valence-corrected chi connectivity index (χ3v) is 7.33. The average molecular weight is 465 g/mol. The zero-order valence-corrected chi connectivity index (χ0v) is 19.4. The Hall–Kier alpha value is -2.90. The number of carbonyl (C=O) groups is 2. The molecule has 5 atom stereocenters. The highest BCUT2D eigenvalue weighted by Gasteiger charge is 2.46. The molecule has 7 heteroatoms. The maximum atomic E-state index is 12.8. The fourth-order valence-corrected chi connectivity index (χ4v) is 5.21. The molecule has 0 radical (unpaired) electrons. The molecule has 2 aromatic rings. The smallest absolute Gasteiger partial charge is 0.227 e. The Kier molecular flexibility index (Phi) is 6.57. The van der Waals surface area contributed by atoms with Crippen LogP contribution in [-0.2, 0) is 14.3 Å². The standard InChI is InChI=1S/C27H32N2O5/c1-16(17-6-3-2-4-7-17)28-25(31)14-20-13-22-21-12-19(29-27(32)18-8-5-9-18)10-11-23(21)34-26(22)24(15-30)33-20/h2-4,6-7,10-12,16,18,20,22,24,26,30H,5,8-9,13-15H2,1H3,(H,28,31)(H,29,32)/t16-,20-,22+,24+,26-/m0/s1. The van der Waals surface area contributed by atoms with Crippen LogP contribution in [0.4, 0.5) is 5.69 Å². The number of aliphatic hydroxyl groups is 1. The zero-order valence-electron chi connectivity index (χ0n) is 19.4. The molecular weight excluding hydrogens is 432 g/mol. The molecule has 5 rings (SSSR count). The second-order valence-electron chi connectivity index (χ2n) is 9.68. The van der Waals surface area contributed by atoms with Crippen molar-refractivity contribution in [1.29, 1.82) is 0 Å². The number of benzene rings is 2. The number of amides is 2. The van der Waals surface area contributed by atoms with Crippen LogP contribution in [0.5, 0.6) is 5.75 Å². The highest BCUT2D eigenvalue weighted by atomic mass is 16.6. The minimum absolute atomic E-state index is 0.00852. The summed E-state index contributed by atoms with van der Waals surface area (Å²) in [6.07, 6.45) is 2.69. The van der Waals surface area contributed by atoms with E-state index in [0.717, 1.165) is 41.8 Å². The van der Waals surface area contributed by atoms with E-state index >= 15 is 0 Å². The van der Waals surface area contributed by atoms with E-state index in [-0.39, 0.29) is 54.9 Å². The van der Waals surface area contributed by atoms with Crippen molar-refractivity contribution in [3.8, 4) is 5.75 Å². The molecule has 0 spiro atoms. The molecule has 0 unspecified atom stereocenters. The summed E-state index contributed by atoms with van der Waals surface area (Å²) in [5.41, 5.74) is 2.81. The molecule has 1 aliphatic carbocycles. The molecule has 3 aliphatic rings. The number of rotatable bonds is 7. The fraction of sp³-hybridized carbons (Fsp3) is 0.481. The highest BCUT2D eigenvalue weighted by molar-refractivity contribution is 5.93. The van der Waals surface area contributed by atoms with Gasteiger partial charge in [-0.15, -0.1) is 0 Å². The van der Waals surface area contributed by atoms with E-state index in [4.69, 9.17) is 9.47 Å². The van der Waals surface area contributed by atoms with E-state index in [9.17, 15) is 14.7 Å². The molecule has 0 aromatic heterocycles. The number of hydrogen-bond donors (Lipinski definition) is 3. The molecule has 0 bridgehead atoms. The normalized spacial score (nSPS) is 26.4. The maximum absolute atomic E-state index is 12.8. The summed E-state index contributed by atoms with van der Waals surface area (Å²) in [6.45, 7) is 1.78. The molecular formula is C27H32N2O5. The van der Waals surface area contributed by atoms with Gasteiger partial charge in [-0.25, -0.2) is 0 Å². The van der Waals surface area contributed by atoms with E-state index in [2.05, 4.69) is 10.6 Å². The highest BCUT2D eigenvalue weighted by Crippen LogP contribution is 2.47. The zero-order chi connectivity index (χ0) is 23.7. The van der Waals surface area contributed by atoms with Crippen molar-refractivity contribution >= 4 is 17.5 Å². The van der Waals surface area contributed by atoms with E-state index in [0.29, 0.717) is 6.42 Å². The van der Waals surface area contributed by atoms with Gasteiger partial charge in [0, 0.05) is 23.1 Å². The van der Waals surface area contributed by atoms with Crippen LogP contribution < -0.4 is 15.4 Å². The van der Waals surface area contributed by atoms with Crippen molar-refractivity contribution in [2.24, 2.45) is 5.92 Å². The molecule has 1 saturated carbocycles. The summed E-state index contributed by atoms with van der Waals surface area (Å²) >= 11 is 0. The van der Waals surface area contributed by atoms with E-state index in [1.54, 1.807) is 0 Å². The minimum Gasteiger partial charge on any atom is -0.487 e. The van der Waals surface area contributed by atoms with Gasteiger partial charge < -0.3 is 25.2 Å². The molecule has 2 heterocycles. The number of nitrogens with one attached hydrogen (secondary N) is 2. The molecule has 2 aromatic carbocycles. The first kappa shape index (κ1) is 22.9. The Morgan fingerprint density at radius 1 is 1.15 bits per heavy atom. The van der Waals surface area contributed by atoms with Crippen LogP contribution in [0.15, 0.2) is 48.5 Å². The first-order valence-electron chi connectivity index (χ1n) is 12.2. The average Bonchev–Trinajstić information content (AvgIpc) is 3.16. The maximum Gasteiger partial charge on any atom is 0.227 e. The van der Waals surface area contributed by atoms with Gasteiger partial charge in [0.05, 0.1) is 25.2 Å². The summed E-state index contributed by atoms with van der Waals surface area (Å²) in [5, 5.41) is 16.1. The molecule has 180 valence electrons. The van der Waals surface area contributed by atoms with Gasteiger partial charge in [0.25, 0.3) is 0 Å². The van der Waals surface area contributed by atoms with Crippen LogP contribution in [0.3, 0.4) is 0 Å². The third kappa shape index (κ3) is 4.68. The van der Waals surface area contributed by atoms with Gasteiger partial charge in [0.2, 0.25) is 11.8 Å². The van der Waals surface area contributed by atoms with Crippen LogP contribution in [0.2, 0.25) is 0 Å². The number of hydrogen-bond acceptors (Lipinski definition) is 5. The van der Waals surface area contributed by atoms with Crippen molar-refractivity contribution in [2.75, 3.05) is 11.9 Å². The Morgan fingerprint density at radius 3 is 2.65 bits per heavy atom. The number of ether oxygens (including phenoxy) is 2. The lowest BCUT2D eigenvalue weighted by Gasteiger charge is -2.37. The third-order valence-electron chi connectivity index (χ3n) is 7.33. The fourth-order valence-electron chi connectivity index (χ4n) is 5.21. The number of carbonyl (C=O) groups excluding carboxylic acids is 2. The quantitative estimate of drug-likeness (QED) is 0.581. The largest absolute Gasteiger partial charge is 0.487 e. The molecule has 2 amide bonds. The molecule has 3 N–H and O–H groups in total. The monoisotopic (exact) mass is 464 g/mol. The second kappa shape index (κ2) is 9.76. The Morgan fingerprint density at radius 2 is 1.94 bits per heavy atom. The van der Waals surface area contributed by atoms with Crippen LogP contribution in [0.25, 0.3) is 0 Å². The summed E-state index contributed by atoms with van der Waals surface area (Å²) in [4.78, 5) is 25.2. The lowest BCUT2D eigenvalue weighted by Crippen LogP contribution is -2.47. The van der Waals surface area contributed by atoms with E-state index in [1.807, 2.05) is 55.5 Å². The Bertz CT molecular complexity index is 1040. The SMILES string of the molecule is C[C@H](NC(=O)C[C@@H]1C[C@@H]2c3cc(NC(=O)C4CCC4)ccc3O[C@@H]2[C@@H](CO)O1)c1ccccc1. The van der Waals surface area contributed by atoms with Gasteiger partial charge in [0.15, 0.2) is 0 Å². The van der Waals surface area contributed by atoms with Gasteiger partial charge in [0.1, 0.15) is 18.0 Å². The van der Waals surface area contributed by atoms with Gasteiger partial charge in [-0.05, 0) is 49.9 Å². The molecule has 7 nitrogen and oxygen atoms in total. The van der Waals surface area contributed by atoms with Crippen molar-refractivity contribution in [2.45, 2.75) is 69.3 Å². The summed E-state index contributed by atoms with van der Waals surface area (Å²) < 4.78 is 12.2.